The Bertz CT molecular complexity index is 165. The molecule has 0 saturated carbocycles. The Balaban J connectivity index is 3.74. The number of carbonyl (C=O) groups is 2. The Morgan fingerprint density at radius 3 is 2.55 bits per heavy atom. The van der Waals surface area contributed by atoms with E-state index in [0.29, 0.717) is 0 Å². The van der Waals surface area contributed by atoms with Crippen LogP contribution in [0.3, 0.4) is 0 Å². The second kappa shape index (κ2) is 5.82. The van der Waals surface area contributed by atoms with Crippen LogP contribution in [0.25, 0.3) is 0 Å². The van der Waals surface area contributed by atoms with Crippen LogP contribution in [0, 0.1) is 0 Å². The summed E-state index contributed by atoms with van der Waals surface area (Å²) in [6.07, 6.45) is -2.72. The van der Waals surface area contributed by atoms with Gasteiger partial charge in [0.25, 0.3) is 0 Å². The van der Waals surface area contributed by atoms with Crippen LogP contribution in [0.15, 0.2) is 0 Å². The first-order valence-corrected chi connectivity index (χ1v) is 3.00. The number of rotatable bonds is 5. The summed E-state index contributed by atoms with van der Waals surface area (Å²) in [5.41, 5.74) is 0. The predicted molar refractivity (Wildman–Crippen MR) is 34.7 cm³/mol. The van der Waals surface area contributed by atoms with Gasteiger partial charge in [-0.15, -0.1) is 0 Å². The maximum atomic E-state index is 10.6. The van der Waals surface area contributed by atoms with E-state index in [1.165, 1.54) is 0 Å². The van der Waals surface area contributed by atoms with Crippen molar-refractivity contribution in [3.8, 4) is 0 Å². The van der Waals surface area contributed by atoms with E-state index < -0.39 is 38.0 Å². The molecule has 0 aromatic heterocycles. The van der Waals surface area contributed by atoms with E-state index in [1.54, 1.807) is 0 Å². The smallest absolute Gasteiger partial charge is 0.313 e. The van der Waals surface area contributed by atoms with E-state index >= 15 is 0 Å². The fourth-order valence-corrected chi connectivity index (χ4v) is 0.419. The number of esters is 1. The summed E-state index contributed by atoms with van der Waals surface area (Å²) in [4.78, 5) is 20.6. The fourth-order valence-electron chi connectivity index (χ4n) is 0.419. The second-order valence-electron chi connectivity index (χ2n) is 1.80. The zero-order valence-corrected chi connectivity index (χ0v) is 5.82. The number of carbonyl (C=O) groups excluding carboxylic acids is 2. The fraction of sp³-hybridized carbons (Fsp3) is 0.667. The maximum absolute atomic E-state index is 10.6. The first-order chi connectivity index (χ1) is 5.60. The van der Waals surface area contributed by atoms with Gasteiger partial charge in [0.05, 0.1) is 13.2 Å². The van der Waals surface area contributed by atoms with Crippen LogP contribution in [-0.4, -0.2) is 41.8 Å². The first-order valence-electron chi connectivity index (χ1n) is 3.50. The maximum Gasteiger partial charge on any atom is 0.313 e. The van der Waals surface area contributed by atoms with E-state index in [9.17, 15) is 9.59 Å². The third-order valence-electron chi connectivity index (χ3n) is 0.922. The molecule has 0 amide bonds. The molecule has 0 aliphatic rings. The molecule has 11 heavy (non-hydrogen) atoms. The third-order valence-corrected chi connectivity index (χ3v) is 0.922. The summed E-state index contributed by atoms with van der Waals surface area (Å²) in [5.74, 6) is -0.914. The number of hydrogen-bond acceptors (Lipinski definition) is 5. The lowest BCUT2D eigenvalue weighted by Crippen LogP contribution is -2.25. The number of aliphatic hydroxyl groups is 2. The van der Waals surface area contributed by atoms with Crippen LogP contribution >= 0.6 is 0 Å². The minimum absolute atomic E-state index is 0.506. The Labute approximate surface area is 65.0 Å². The summed E-state index contributed by atoms with van der Waals surface area (Å²) >= 11 is 0. The van der Waals surface area contributed by atoms with Crippen molar-refractivity contribution < 1.29 is 25.9 Å². The summed E-state index contributed by atoms with van der Waals surface area (Å²) in [7, 11) is 0. The lowest BCUT2D eigenvalue weighted by Gasteiger charge is -2.10. The monoisotopic (exact) mass is 163 g/mol. The highest BCUT2D eigenvalue weighted by Crippen LogP contribution is 1.91. The molecule has 0 atom stereocenters. The van der Waals surface area contributed by atoms with E-state index in [1.807, 2.05) is 0 Å². The van der Waals surface area contributed by atoms with Gasteiger partial charge in [0.15, 0.2) is 0 Å². The molecule has 5 heteroatoms. The third kappa shape index (κ3) is 4.46. The molecule has 0 rings (SSSR count). The van der Waals surface area contributed by atoms with Crippen molar-refractivity contribution in [2.45, 2.75) is 12.5 Å². The Morgan fingerprint density at radius 1 is 1.64 bits per heavy atom. The standard InChI is InChI=1S/C6H10O5/c7-2-1-6(10)11-5(3-8)4-9/h2,5,8-9H,1,3-4H2/i2D. The summed E-state index contributed by atoms with van der Waals surface area (Å²) in [6, 6.07) is 0. The highest BCUT2D eigenvalue weighted by Gasteiger charge is 2.10. The van der Waals surface area contributed by atoms with E-state index in [0.717, 1.165) is 0 Å². The average Bonchev–Trinajstić information content (AvgIpc) is 1.98. The highest BCUT2D eigenvalue weighted by atomic mass is 16.6. The molecule has 0 bridgehead atoms. The number of aldehydes is 1. The SMILES string of the molecule is [2H]C(=O)CC(=O)OC(CO)CO. The van der Waals surface area contributed by atoms with Gasteiger partial charge in [-0.2, -0.15) is 0 Å². The van der Waals surface area contributed by atoms with Crippen LogP contribution < -0.4 is 0 Å². The first kappa shape index (κ1) is 8.16. The van der Waals surface area contributed by atoms with E-state index in [4.69, 9.17) is 11.6 Å². The molecule has 2 N–H and O–H groups in total. The second-order valence-corrected chi connectivity index (χ2v) is 1.80. The van der Waals surface area contributed by atoms with Crippen LogP contribution in [0.2, 0.25) is 0 Å². The van der Waals surface area contributed by atoms with Gasteiger partial charge < -0.3 is 19.7 Å². The van der Waals surface area contributed by atoms with Crippen LogP contribution in [-0.2, 0) is 14.3 Å². The van der Waals surface area contributed by atoms with Crippen molar-refractivity contribution >= 4 is 12.2 Å². The Hall–Kier alpha value is -0.940. The van der Waals surface area contributed by atoms with Crippen molar-refractivity contribution in [3.63, 3.8) is 0 Å². The van der Waals surface area contributed by atoms with Crippen molar-refractivity contribution in [2.75, 3.05) is 13.2 Å². The predicted octanol–water partition coefficient (Wildman–Crippen LogP) is -1.53. The van der Waals surface area contributed by atoms with Crippen LogP contribution in [0.5, 0.6) is 0 Å². The molecule has 0 fully saturated rings. The Morgan fingerprint density at radius 2 is 2.18 bits per heavy atom. The summed E-state index contributed by atoms with van der Waals surface area (Å²) < 4.78 is 10.8. The molecule has 0 heterocycles. The lowest BCUT2D eigenvalue weighted by atomic mass is 10.4. The molecule has 0 spiro atoms. The molecule has 5 nitrogen and oxygen atoms in total. The van der Waals surface area contributed by atoms with Crippen molar-refractivity contribution in [3.05, 3.63) is 0 Å². The van der Waals surface area contributed by atoms with Crippen LogP contribution in [0.4, 0.5) is 0 Å². The normalized spacial score (nSPS) is 11.0. The van der Waals surface area contributed by atoms with Crippen molar-refractivity contribution in [1.29, 1.82) is 0 Å². The molecule has 0 aromatic rings. The molecule has 0 aliphatic heterocycles. The number of ether oxygens (including phenoxy) is 1. The van der Waals surface area contributed by atoms with Gasteiger partial charge in [0.2, 0.25) is 0 Å². The molecular formula is C6H10O5. The minimum atomic E-state index is -1.06. The molecule has 64 valence electrons. The number of aliphatic hydroxyl groups excluding tert-OH is 2. The molecule has 0 unspecified atom stereocenters. The van der Waals surface area contributed by atoms with Crippen molar-refractivity contribution in [1.82, 2.24) is 0 Å². The molecule has 0 saturated heterocycles. The molecule has 0 radical (unpaired) electrons. The van der Waals surface area contributed by atoms with Crippen LogP contribution in [0.1, 0.15) is 7.79 Å². The van der Waals surface area contributed by atoms with Crippen molar-refractivity contribution in [2.24, 2.45) is 0 Å². The van der Waals surface area contributed by atoms with Gasteiger partial charge >= 0.3 is 5.97 Å². The molecular weight excluding hydrogens is 152 g/mol. The summed E-state index contributed by atoms with van der Waals surface area (Å²) in [5, 5.41) is 16.9. The van der Waals surface area contributed by atoms with E-state index in [-0.39, 0.29) is 0 Å². The molecule has 0 aliphatic carbocycles. The van der Waals surface area contributed by atoms with Gasteiger partial charge in [0.1, 0.15) is 20.2 Å². The largest absolute Gasteiger partial charge is 0.457 e. The van der Waals surface area contributed by atoms with Gasteiger partial charge in [-0.05, 0) is 0 Å². The van der Waals surface area contributed by atoms with Gasteiger partial charge in [-0.25, -0.2) is 0 Å². The molecule has 0 aromatic carbocycles. The Kier molecular flexibility index (Phi) is 4.31. The average molecular weight is 163 g/mol. The number of hydrogen-bond donors (Lipinski definition) is 2. The topological polar surface area (TPSA) is 83.8 Å². The van der Waals surface area contributed by atoms with E-state index in [2.05, 4.69) is 4.74 Å². The van der Waals surface area contributed by atoms with Gasteiger partial charge in [0, 0.05) is 0 Å². The quantitative estimate of drug-likeness (QED) is 0.292. The van der Waals surface area contributed by atoms with Gasteiger partial charge in [-0.3, -0.25) is 4.79 Å². The zero-order chi connectivity index (χ0) is 9.56. The summed E-state index contributed by atoms with van der Waals surface area (Å²) in [6.45, 7) is -1.01. The zero-order valence-electron chi connectivity index (χ0n) is 6.82. The van der Waals surface area contributed by atoms with Gasteiger partial charge in [-0.1, -0.05) is 0 Å². The lowest BCUT2D eigenvalue weighted by molar-refractivity contribution is -0.153. The highest BCUT2D eigenvalue weighted by molar-refractivity contribution is 5.83. The minimum Gasteiger partial charge on any atom is -0.457 e.